The molecule has 1 fully saturated rings. The quantitative estimate of drug-likeness (QED) is 0.769. The van der Waals surface area contributed by atoms with Crippen molar-refractivity contribution in [2.45, 2.75) is 45.1 Å². The Labute approximate surface area is 157 Å². The molecule has 1 aliphatic rings. The Morgan fingerprint density at radius 1 is 1.26 bits per heavy atom. The SMILES string of the molecule is CCc1cc(=O)n2[nH]c(C3CCCCN3C(=O)Cc3ccccn3)cc2n1. The summed E-state index contributed by atoms with van der Waals surface area (Å²) in [5, 5.41) is 3.17. The highest BCUT2D eigenvalue weighted by Crippen LogP contribution is 2.30. The van der Waals surface area contributed by atoms with Crippen LogP contribution in [-0.2, 0) is 17.6 Å². The molecule has 0 aliphatic carbocycles. The molecule has 0 saturated carbocycles. The van der Waals surface area contributed by atoms with Gasteiger partial charge in [-0.3, -0.25) is 19.7 Å². The average molecular weight is 365 g/mol. The molecule has 1 saturated heterocycles. The number of carbonyl (C=O) groups excluding carboxylic acids is 1. The predicted octanol–water partition coefficient (Wildman–Crippen LogP) is 2.28. The molecule has 4 heterocycles. The summed E-state index contributed by atoms with van der Waals surface area (Å²) in [6.07, 6.45) is 5.62. The number of piperidine rings is 1. The maximum Gasteiger partial charge on any atom is 0.272 e. The van der Waals surface area contributed by atoms with Crippen molar-refractivity contribution >= 4 is 11.6 Å². The number of nitrogens with zero attached hydrogens (tertiary/aromatic N) is 4. The zero-order valence-corrected chi connectivity index (χ0v) is 15.4. The van der Waals surface area contributed by atoms with Crippen LogP contribution in [0.3, 0.4) is 0 Å². The smallest absolute Gasteiger partial charge is 0.272 e. The highest BCUT2D eigenvalue weighted by atomic mass is 16.2. The number of aryl methyl sites for hydroxylation is 1. The number of carbonyl (C=O) groups is 1. The number of likely N-dealkylation sites (tertiary alicyclic amines) is 1. The van der Waals surface area contributed by atoms with Crippen LogP contribution in [-0.4, -0.2) is 36.9 Å². The van der Waals surface area contributed by atoms with Crippen LogP contribution < -0.4 is 5.56 Å². The highest BCUT2D eigenvalue weighted by molar-refractivity contribution is 5.79. The fourth-order valence-electron chi connectivity index (χ4n) is 3.72. The number of fused-ring (bicyclic) bond motifs is 1. The third-order valence-electron chi connectivity index (χ3n) is 5.13. The van der Waals surface area contributed by atoms with Crippen LogP contribution in [0.25, 0.3) is 5.65 Å². The molecule has 4 rings (SSSR count). The van der Waals surface area contributed by atoms with E-state index in [2.05, 4.69) is 15.1 Å². The lowest BCUT2D eigenvalue weighted by Gasteiger charge is -2.35. The van der Waals surface area contributed by atoms with Gasteiger partial charge in [-0.1, -0.05) is 13.0 Å². The lowest BCUT2D eigenvalue weighted by Crippen LogP contribution is -2.39. The van der Waals surface area contributed by atoms with Crippen molar-refractivity contribution in [1.82, 2.24) is 24.5 Å². The molecule has 0 radical (unpaired) electrons. The molecular weight excluding hydrogens is 342 g/mol. The maximum atomic E-state index is 12.9. The molecule has 7 nitrogen and oxygen atoms in total. The first-order chi connectivity index (χ1) is 13.2. The van der Waals surface area contributed by atoms with E-state index in [0.29, 0.717) is 18.6 Å². The third-order valence-corrected chi connectivity index (χ3v) is 5.13. The van der Waals surface area contributed by atoms with E-state index >= 15 is 0 Å². The molecule has 0 bridgehead atoms. The van der Waals surface area contributed by atoms with Crippen LogP contribution in [0.2, 0.25) is 0 Å². The Kier molecular flexibility index (Phi) is 4.75. The fraction of sp³-hybridized carbons (Fsp3) is 0.400. The molecule has 3 aromatic heterocycles. The number of nitrogens with one attached hydrogen (secondary N) is 1. The standard InChI is InChI=1S/C20H23N5O2/c1-2-14-11-20(27)25-18(22-14)13-16(23-25)17-8-4-6-10-24(17)19(26)12-15-7-3-5-9-21-15/h3,5,7,9,11,13,17,23H,2,4,6,8,10,12H2,1H3. The molecule has 1 amide bonds. The van der Waals surface area contributed by atoms with Gasteiger partial charge in [0.25, 0.3) is 5.56 Å². The minimum atomic E-state index is -0.120. The monoisotopic (exact) mass is 365 g/mol. The summed E-state index contributed by atoms with van der Waals surface area (Å²) in [4.78, 5) is 35.9. The highest BCUT2D eigenvalue weighted by Gasteiger charge is 2.29. The second-order valence-electron chi connectivity index (χ2n) is 6.94. The van der Waals surface area contributed by atoms with Crippen molar-refractivity contribution in [3.05, 3.63) is 64.0 Å². The van der Waals surface area contributed by atoms with Gasteiger partial charge in [0.1, 0.15) is 0 Å². The van der Waals surface area contributed by atoms with Crippen LogP contribution in [0.15, 0.2) is 41.3 Å². The molecule has 0 spiro atoms. The van der Waals surface area contributed by atoms with Crippen molar-refractivity contribution < 1.29 is 4.79 Å². The molecule has 140 valence electrons. The maximum absolute atomic E-state index is 12.9. The normalized spacial score (nSPS) is 17.4. The van der Waals surface area contributed by atoms with E-state index in [9.17, 15) is 9.59 Å². The molecule has 0 aromatic carbocycles. The number of aromatic nitrogens is 4. The largest absolute Gasteiger partial charge is 0.334 e. The average Bonchev–Trinajstić information content (AvgIpc) is 3.13. The minimum absolute atomic E-state index is 0.0617. The molecule has 1 aliphatic heterocycles. The van der Waals surface area contributed by atoms with E-state index < -0.39 is 0 Å². The number of rotatable bonds is 4. The minimum Gasteiger partial charge on any atom is -0.334 e. The lowest BCUT2D eigenvalue weighted by molar-refractivity contribution is -0.134. The van der Waals surface area contributed by atoms with Gasteiger partial charge in [0.05, 0.1) is 18.2 Å². The lowest BCUT2D eigenvalue weighted by atomic mass is 9.98. The van der Waals surface area contributed by atoms with Gasteiger partial charge in [0.15, 0.2) is 5.65 Å². The number of hydrogen-bond donors (Lipinski definition) is 1. The Balaban J connectivity index is 1.64. The van der Waals surface area contributed by atoms with Crippen molar-refractivity contribution in [3.8, 4) is 0 Å². The Morgan fingerprint density at radius 2 is 2.15 bits per heavy atom. The second kappa shape index (κ2) is 7.34. The first kappa shape index (κ1) is 17.5. The van der Waals surface area contributed by atoms with Crippen LogP contribution in [0.4, 0.5) is 0 Å². The Bertz CT molecular complexity index is 1010. The number of aromatic amines is 1. The first-order valence-electron chi connectivity index (χ1n) is 9.46. The first-order valence-corrected chi connectivity index (χ1v) is 9.46. The topological polar surface area (TPSA) is 83.4 Å². The molecule has 3 aromatic rings. The van der Waals surface area contributed by atoms with Gasteiger partial charge in [-0.2, -0.15) is 0 Å². The van der Waals surface area contributed by atoms with Crippen LogP contribution in [0, 0.1) is 0 Å². The fourth-order valence-corrected chi connectivity index (χ4v) is 3.72. The molecular formula is C20H23N5O2. The van der Waals surface area contributed by atoms with Crippen LogP contribution >= 0.6 is 0 Å². The van der Waals surface area contributed by atoms with Gasteiger partial charge < -0.3 is 4.90 Å². The number of hydrogen-bond acceptors (Lipinski definition) is 4. The zero-order valence-electron chi connectivity index (χ0n) is 15.4. The van der Waals surface area contributed by atoms with Gasteiger partial charge in [-0.25, -0.2) is 9.50 Å². The summed E-state index contributed by atoms with van der Waals surface area (Å²) in [6, 6.07) is 8.99. The van der Waals surface area contributed by atoms with Gasteiger partial charge in [0, 0.05) is 36.3 Å². The van der Waals surface area contributed by atoms with Crippen molar-refractivity contribution in [1.29, 1.82) is 0 Å². The van der Waals surface area contributed by atoms with E-state index in [1.165, 1.54) is 4.52 Å². The summed E-state index contributed by atoms with van der Waals surface area (Å²) in [7, 11) is 0. The van der Waals surface area contributed by atoms with E-state index in [4.69, 9.17) is 0 Å². The molecule has 1 atom stereocenters. The van der Waals surface area contributed by atoms with Gasteiger partial charge in [-0.05, 0) is 37.8 Å². The zero-order chi connectivity index (χ0) is 18.8. The van der Waals surface area contributed by atoms with Crippen molar-refractivity contribution in [2.75, 3.05) is 6.54 Å². The van der Waals surface area contributed by atoms with Crippen LogP contribution in [0.1, 0.15) is 49.3 Å². The molecule has 1 N–H and O–H groups in total. The van der Waals surface area contributed by atoms with E-state index in [0.717, 1.165) is 36.3 Å². The summed E-state index contributed by atoms with van der Waals surface area (Å²) in [6.45, 7) is 2.69. The van der Waals surface area contributed by atoms with E-state index in [1.807, 2.05) is 36.1 Å². The van der Waals surface area contributed by atoms with E-state index in [1.54, 1.807) is 12.3 Å². The molecule has 27 heavy (non-hydrogen) atoms. The summed E-state index contributed by atoms with van der Waals surface area (Å²) < 4.78 is 1.46. The van der Waals surface area contributed by atoms with Gasteiger partial charge >= 0.3 is 0 Å². The summed E-state index contributed by atoms with van der Waals surface area (Å²) in [5.41, 5.74) is 2.90. The Morgan fingerprint density at radius 3 is 2.93 bits per heavy atom. The molecule has 1 unspecified atom stereocenters. The predicted molar refractivity (Wildman–Crippen MR) is 101 cm³/mol. The second-order valence-corrected chi connectivity index (χ2v) is 6.94. The van der Waals surface area contributed by atoms with Crippen LogP contribution in [0.5, 0.6) is 0 Å². The molecule has 7 heteroatoms. The number of amides is 1. The summed E-state index contributed by atoms with van der Waals surface area (Å²) in [5.74, 6) is 0.0617. The van der Waals surface area contributed by atoms with E-state index in [-0.39, 0.29) is 23.9 Å². The third kappa shape index (κ3) is 3.49. The number of H-pyrrole nitrogens is 1. The van der Waals surface area contributed by atoms with Gasteiger partial charge in [-0.15, -0.1) is 0 Å². The van der Waals surface area contributed by atoms with Crippen molar-refractivity contribution in [2.24, 2.45) is 0 Å². The van der Waals surface area contributed by atoms with Crippen molar-refractivity contribution in [3.63, 3.8) is 0 Å². The van der Waals surface area contributed by atoms with Gasteiger partial charge in [0.2, 0.25) is 5.91 Å². The Hall–Kier alpha value is -2.96. The summed E-state index contributed by atoms with van der Waals surface area (Å²) >= 11 is 0. The number of pyridine rings is 1.